The molecule has 0 atom stereocenters. The minimum Gasteiger partial charge on any atom is -0.352 e. The lowest BCUT2D eigenvalue weighted by Gasteiger charge is -2.05. The summed E-state index contributed by atoms with van der Waals surface area (Å²) >= 11 is 5.63. The summed E-state index contributed by atoms with van der Waals surface area (Å²) < 4.78 is 0. The van der Waals surface area contributed by atoms with Gasteiger partial charge in [0.05, 0.1) is 4.92 Å². The van der Waals surface area contributed by atoms with Gasteiger partial charge >= 0.3 is 0 Å². The molecule has 2 N–H and O–H groups in total. The van der Waals surface area contributed by atoms with Gasteiger partial charge in [-0.15, -0.1) is 0 Å². The number of pyridine rings is 1. The van der Waals surface area contributed by atoms with E-state index in [1.54, 1.807) is 7.05 Å². The summed E-state index contributed by atoms with van der Waals surface area (Å²) in [6.45, 7) is 1.18. The number of nitro groups is 1. The van der Waals surface area contributed by atoms with Crippen molar-refractivity contribution >= 4 is 23.2 Å². The quantitative estimate of drug-likeness (QED) is 0.348. The second-order valence-corrected chi connectivity index (χ2v) is 3.88. The van der Waals surface area contributed by atoms with Crippen LogP contribution in [0.1, 0.15) is 16.8 Å². The summed E-state index contributed by atoms with van der Waals surface area (Å²) in [5.41, 5.74) is -0.435. The van der Waals surface area contributed by atoms with Gasteiger partial charge in [0, 0.05) is 6.54 Å². The number of halogens is 1. The van der Waals surface area contributed by atoms with Crippen LogP contribution in [0.2, 0.25) is 5.15 Å². The number of aromatic nitrogens is 1. The van der Waals surface area contributed by atoms with E-state index in [0.717, 1.165) is 19.2 Å². The van der Waals surface area contributed by atoms with Gasteiger partial charge in [-0.05, 0) is 26.1 Å². The van der Waals surface area contributed by atoms with Crippen LogP contribution >= 0.6 is 11.6 Å². The van der Waals surface area contributed by atoms with Crippen LogP contribution in [0.3, 0.4) is 0 Å². The van der Waals surface area contributed by atoms with Gasteiger partial charge in [0.25, 0.3) is 11.6 Å². The van der Waals surface area contributed by atoms with Crippen LogP contribution in [-0.2, 0) is 0 Å². The molecule has 0 fully saturated rings. The zero-order valence-electron chi connectivity index (χ0n) is 9.77. The van der Waals surface area contributed by atoms with Crippen LogP contribution in [0, 0.1) is 10.1 Å². The molecule has 0 aliphatic rings. The molecule has 98 valence electrons. The summed E-state index contributed by atoms with van der Waals surface area (Å²) in [5.74, 6) is -0.526. The van der Waals surface area contributed by atoms with Gasteiger partial charge in [0.15, 0.2) is 0 Å². The van der Waals surface area contributed by atoms with E-state index < -0.39 is 10.8 Å². The van der Waals surface area contributed by atoms with Crippen molar-refractivity contribution in [2.45, 2.75) is 6.42 Å². The molecular weight excluding hydrogens is 260 g/mol. The van der Waals surface area contributed by atoms with E-state index in [-0.39, 0.29) is 16.4 Å². The van der Waals surface area contributed by atoms with E-state index >= 15 is 0 Å². The van der Waals surface area contributed by atoms with Crippen LogP contribution in [0.15, 0.2) is 12.3 Å². The van der Waals surface area contributed by atoms with Crippen molar-refractivity contribution in [2.24, 2.45) is 0 Å². The van der Waals surface area contributed by atoms with Crippen molar-refractivity contribution < 1.29 is 9.72 Å². The first-order valence-corrected chi connectivity index (χ1v) is 5.66. The number of hydrogen-bond donors (Lipinski definition) is 2. The van der Waals surface area contributed by atoms with Crippen LogP contribution in [0.25, 0.3) is 0 Å². The number of nitrogens with one attached hydrogen (secondary N) is 2. The molecule has 8 heteroatoms. The highest BCUT2D eigenvalue weighted by atomic mass is 35.5. The number of carbonyl (C=O) groups excluding carboxylic acids is 1. The molecule has 0 aliphatic heterocycles. The summed E-state index contributed by atoms with van der Waals surface area (Å²) in [5, 5.41) is 16.3. The number of rotatable bonds is 6. The SMILES string of the molecule is CNCCCNC(=O)c1cc(Cl)ncc1[N+](=O)[O-]. The lowest BCUT2D eigenvalue weighted by atomic mass is 10.2. The average molecular weight is 273 g/mol. The third-order valence-corrected chi connectivity index (χ3v) is 2.39. The van der Waals surface area contributed by atoms with Crippen LogP contribution < -0.4 is 10.6 Å². The molecule has 0 radical (unpaired) electrons. The van der Waals surface area contributed by atoms with E-state index in [0.29, 0.717) is 6.54 Å². The highest BCUT2D eigenvalue weighted by molar-refractivity contribution is 6.29. The maximum Gasteiger partial charge on any atom is 0.300 e. The van der Waals surface area contributed by atoms with Gasteiger partial charge in [-0.2, -0.15) is 0 Å². The lowest BCUT2D eigenvalue weighted by molar-refractivity contribution is -0.385. The Morgan fingerprint density at radius 3 is 2.89 bits per heavy atom. The first-order valence-electron chi connectivity index (χ1n) is 5.29. The third kappa shape index (κ3) is 3.94. The van der Waals surface area contributed by atoms with Gasteiger partial charge < -0.3 is 10.6 Å². The fourth-order valence-electron chi connectivity index (χ4n) is 1.31. The largest absolute Gasteiger partial charge is 0.352 e. The smallest absolute Gasteiger partial charge is 0.300 e. The van der Waals surface area contributed by atoms with Crippen molar-refractivity contribution in [3.63, 3.8) is 0 Å². The Kier molecular flexibility index (Phi) is 5.47. The lowest BCUT2D eigenvalue weighted by Crippen LogP contribution is -2.27. The second-order valence-electron chi connectivity index (χ2n) is 3.49. The van der Waals surface area contributed by atoms with Crippen LogP contribution in [0.5, 0.6) is 0 Å². The molecule has 0 unspecified atom stereocenters. The van der Waals surface area contributed by atoms with Gasteiger partial charge in [-0.3, -0.25) is 14.9 Å². The Morgan fingerprint density at radius 2 is 2.28 bits per heavy atom. The maximum atomic E-state index is 11.8. The first kappa shape index (κ1) is 14.3. The Bertz CT molecular complexity index is 453. The Balaban J connectivity index is 2.77. The topological polar surface area (TPSA) is 97.2 Å². The molecule has 1 aromatic rings. The molecule has 0 aromatic carbocycles. The summed E-state index contributed by atoms with van der Waals surface area (Å²) in [6, 6.07) is 1.19. The minimum atomic E-state index is -0.661. The normalized spacial score (nSPS) is 10.1. The molecule has 1 aromatic heterocycles. The molecule has 18 heavy (non-hydrogen) atoms. The summed E-state index contributed by atoms with van der Waals surface area (Å²) in [4.78, 5) is 25.4. The summed E-state index contributed by atoms with van der Waals surface area (Å²) in [6.07, 6.45) is 1.71. The molecule has 7 nitrogen and oxygen atoms in total. The van der Waals surface area contributed by atoms with Crippen molar-refractivity contribution in [3.05, 3.63) is 33.1 Å². The Hall–Kier alpha value is -1.73. The van der Waals surface area contributed by atoms with Gasteiger partial charge in [-0.25, -0.2) is 4.98 Å². The fourth-order valence-corrected chi connectivity index (χ4v) is 1.47. The van der Waals surface area contributed by atoms with Gasteiger partial charge in [0.2, 0.25) is 0 Å². The number of hydrogen-bond acceptors (Lipinski definition) is 5. The maximum absolute atomic E-state index is 11.8. The molecule has 0 saturated heterocycles. The average Bonchev–Trinajstić information content (AvgIpc) is 2.34. The summed E-state index contributed by atoms with van der Waals surface area (Å²) in [7, 11) is 1.80. The van der Waals surface area contributed by atoms with E-state index in [1.165, 1.54) is 6.07 Å². The van der Waals surface area contributed by atoms with Crippen LogP contribution in [0.4, 0.5) is 5.69 Å². The number of nitrogens with zero attached hydrogens (tertiary/aromatic N) is 2. The van der Waals surface area contributed by atoms with Crippen molar-refractivity contribution in [3.8, 4) is 0 Å². The highest BCUT2D eigenvalue weighted by Gasteiger charge is 2.20. The molecule has 0 bridgehead atoms. The van der Waals surface area contributed by atoms with E-state index in [2.05, 4.69) is 15.6 Å². The van der Waals surface area contributed by atoms with Crippen molar-refractivity contribution in [1.82, 2.24) is 15.6 Å². The fraction of sp³-hybridized carbons (Fsp3) is 0.400. The molecule has 0 aliphatic carbocycles. The Labute approximate surface area is 109 Å². The zero-order chi connectivity index (χ0) is 13.5. The second kappa shape index (κ2) is 6.87. The highest BCUT2D eigenvalue weighted by Crippen LogP contribution is 2.19. The molecule has 1 rings (SSSR count). The number of amides is 1. The van der Waals surface area contributed by atoms with Crippen molar-refractivity contribution in [2.75, 3.05) is 20.1 Å². The van der Waals surface area contributed by atoms with Crippen LogP contribution in [-0.4, -0.2) is 36.0 Å². The third-order valence-electron chi connectivity index (χ3n) is 2.18. The zero-order valence-corrected chi connectivity index (χ0v) is 10.5. The van der Waals surface area contributed by atoms with Gasteiger partial charge in [0.1, 0.15) is 16.9 Å². The predicted molar refractivity (Wildman–Crippen MR) is 66.8 cm³/mol. The minimum absolute atomic E-state index is 0.0426. The monoisotopic (exact) mass is 272 g/mol. The van der Waals surface area contributed by atoms with Gasteiger partial charge in [-0.1, -0.05) is 11.6 Å². The molecule has 1 amide bonds. The molecule has 1 heterocycles. The predicted octanol–water partition coefficient (Wildman–Crippen LogP) is 0.982. The molecular formula is C10H13ClN4O3. The van der Waals surface area contributed by atoms with E-state index in [1.807, 2.05) is 0 Å². The Morgan fingerprint density at radius 1 is 1.56 bits per heavy atom. The molecule has 0 saturated carbocycles. The van der Waals surface area contributed by atoms with Crippen molar-refractivity contribution in [1.29, 1.82) is 0 Å². The van der Waals surface area contributed by atoms with E-state index in [9.17, 15) is 14.9 Å². The standard InChI is InChI=1S/C10H13ClN4O3/c1-12-3-2-4-13-10(16)7-5-9(11)14-6-8(7)15(17)18/h5-6,12H,2-4H2,1H3,(H,13,16). The van der Waals surface area contributed by atoms with E-state index in [4.69, 9.17) is 11.6 Å². The number of carbonyl (C=O) groups is 1. The first-order chi connectivity index (χ1) is 8.56. The molecule has 0 spiro atoms.